The quantitative estimate of drug-likeness (QED) is 0.604. The molecule has 0 amide bonds. The molecule has 5 heteroatoms. The number of nitrogens with two attached hydrogens (primary N) is 1. The molecule has 94 valence electrons. The van der Waals surface area contributed by atoms with Crippen molar-refractivity contribution in [1.82, 2.24) is 4.98 Å². The number of guanidine groups is 1. The summed E-state index contributed by atoms with van der Waals surface area (Å²) < 4.78 is 5.24. The third-order valence-corrected chi connectivity index (χ3v) is 1.93. The molecule has 1 rings (SSSR count). The summed E-state index contributed by atoms with van der Waals surface area (Å²) in [6, 6.07) is 3.65. The van der Waals surface area contributed by atoms with E-state index in [1.165, 1.54) is 0 Å². The molecule has 0 aliphatic rings. The maximum absolute atomic E-state index is 5.73. The van der Waals surface area contributed by atoms with E-state index in [-0.39, 0.29) is 0 Å². The van der Waals surface area contributed by atoms with Crippen LogP contribution >= 0.6 is 0 Å². The molecule has 5 nitrogen and oxygen atoms in total. The molecule has 3 N–H and O–H groups in total. The Kier molecular flexibility index (Phi) is 5.26. The molecular weight excluding hydrogens is 216 g/mol. The average Bonchev–Trinajstić information content (AvgIpc) is 2.29. The second-order valence-electron chi connectivity index (χ2n) is 4.06. The first kappa shape index (κ1) is 13.3. The van der Waals surface area contributed by atoms with Gasteiger partial charge in [-0.1, -0.05) is 13.8 Å². The Morgan fingerprint density at radius 3 is 2.82 bits per heavy atom. The zero-order chi connectivity index (χ0) is 12.7. The van der Waals surface area contributed by atoms with Crippen LogP contribution in [0.5, 0.6) is 5.88 Å². The van der Waals surface area contributed by atoms with Crippen molar-refractivity contribution < 1.29 is 4.74 Å². The highest BCUT2D eigenvalue weighted by atomic mass is 16.5. The number of hydrogen-bond donors (Lipinski definition) is 2. The maximum atomic E-state index is 5.73. The second kappa shape index (κ2) is 6.73. The summed E-state index contributed by atoms with van der Waals surface area (Å²) in [5.41, 5.74) is 6.53. The average molecular weight is 236 g/mol. The van der Waals surface area contributed by atoms with Crippen molar-refractivity contribution in [3.8, 4) is 5.88 Å². The van der Waals surface area contributed by atoms with E-state index in [9.17, 15) is 0 Å². The number of aromatic nitrogens is 1. The third-order valence-electron chi connectivity index (χ3n) is 1.93. The number of nitrogens with zero attached hydrogens (tertiary/aromatic N) is 2. The highest BCUT2D eigenvalue weighted by Gasteiger charge is 1.98. The molecule has 0 spiro atoms. The predicted octanol–water partition coefficient (Wildman–Crippen LogP) is 1.86. The van der Waals surface area contributed by atoms with E-state index in [1.807, 2.05) is 13.0 Å². The number of anilines is 1. The fourth-order valence-electron chi connectivity index (χ4n) is 1.16. The van der Waals surface area contributed by atoms with Crippen molar-refractivity contribution in [1.29, 1.82) is 0 Å². The van der Waals surface area contributed by atoms with Crippen molar-refractivity contribution in [2.45, 2.75) is 20.8 Å². The summed E-state index contributed by atoms with van der Waals surface area (Å²) in [6.07, 6.45) is 1.67. The Labute approximate surface area is 102 Å². The van der Waals surface area contributed by atoms with Gasteiger partial charge in [0, 0.05) is 12.6 Å². The highest BCUT2D eigenvalue weighted by Crippen LogP contribution is 2.11. The number of ether oxygens (including phenoxy) is 1. The van der Waals surface area contributed by atoms with E-state index in [0.717, 1.165) is 5.69 Å². The number of hydrogen-bond acceptors (Lipinski definition) is 3. The first-order valence-electron chi connectivity index (χ1n) is 5.77. The van der Waals surface area contributed by atoms with Crippen LogP contribution in [-0.2, 0) is 0 Å². The van der Waals surface area contributed by atoms with Gasteiger partial charge < -0.3 is 15.8 Å². The maximum Gasteiger partial charge on any atom is 0.213 e. The lowest BCUT2D eigenvalue weighted by Crippen LogP contribution is -2.23. The fourth-order valence-corrected chi connectivity index (χ4v) is 1.16. The summed E-state index contributed by atoms with van der Waals surface area (Å²) in [6.45, 7) is 7.43. The van der Waals surface area contributed by atoms with Gasteiger partial charge in [0.25, 0.3) is 0 Å². The van der Waals surface area contributed by atoms with Crippen molar-refractivity contribution in [2.24, 2.45) is 16.6 Å². The minimum Gasteiger partial charge on any atom is -0.478 e. The summed E-state index contributed by atoms with van der Waals surface area (Å²) >= 11 is 0. The van der Waals surface area contributed by atoms with E-state index >= 15 is 0 Å². The molecule has 0 bridgehead atoms. The van der Waals surface area contributed by atoms with Crippen molar-refractivity contribution in [2.75, 3.05) is 18.5 Å². The third kappa shape index (κ3) is 5.19. The van der Waals surface area contributed by atoms with Gasteiger partial charge in [-0.3, -0.25) is 4.99 Å². The van der Waals surface area contributed by atoms with E-state index in [0.29, 0.717) is 30.9 Å². The molecule has 0 aromatic carbocycles. The smallest absolute Gasteiger partial charge is 0.213 e. The largest absolute Gasteiger partial charge is 0.478 e. The van der Waals surface area contributed by atoms with Crippen molar-refractivity contribution in [3.63, 3.8) is 0 Å². The lowest BCUT2D eigenvalue weighted by Gasteiger charge is -2.07. The lowest BCUT2D eigenvalue weighted by atomic mass is 10.2. The van der Waals surface area contributed by atoms with E-state index in [4.69, 9.17) is 10.5 Å². The van der Waals surface area contributed by atoms with Crippen LogP contribution in [0.2, 0.25) is 0 Å². The molecule has 0 aliphatic carbocycles. The van der Waals surface area contributed by atoms with Crippen molar-refractivity contribution >= 4 is 11.6 Å². The molecular formula is C12H20N4O. The first-order valence-corrected chi connectivity index (χ1v) is 5.77. The minimum atomic E-state index is 0.407. The number of nitrogens with one attached hydrogen (secondary N) is 1. The predicted molar refractivity (Wildman–Crippen MR) is 70.4 cm³/mol. The molecule has 0 fully saturated rings. The summed E-state index contributed by atoms with van der Waals surface area (Å²) in [4.78, 5) is 8.32. The van der Waals surface area contributed by atoms with Gasteiger partial charge >= 0.3 is 0 Å². The number of rotatable bonds is 5. The van der Waals surface area contributed by atoms with Gasteiger partial charge in [-0.2, -0.15) is 0 Å². The van der Waals surface area contributed by atoms with Gasteiger partial charge in [0.05, 0.1) is 18.5 Å². The molecule has 0 unspecified atom stereocenters. The Bertz CT molecular complexity index is 359. The van der Waals surface area contributed by atoms with Crippen LogP contribution in [0.3, 0.4) is 0 Å². The van der Waals surface area contributed by atoms with Crippen LogP contribution in [-0.4, -0.2) is 24.1 Å². The molecule has 0 saturated carbocycles. The van der Waals surface area contributed by atoms with Crippen LogP contribution in [0, 0.1) is 5.92 Å². The van der Waals surface area contributed by atoms with E-state index < -0.39 is 0 Å². The van der Waals surface area contributed by atoms with Gasteiger partial charge in [0.2, 0.25) is 5.88 Å². The number of pyridine rings is 1. The van der Waals surface area contributed by atoms with Crippen molar-refractivity contribution in [3.05, 3.63) is 18.3 Å². The van der Waals surface area contributed by atoms with Crippen LogP contribution in [0.4, 0.5) is 5.69 Å². The summed E-state index contributed by atoms with van der Waals surface area (Å²) in [5, 5.41) is 2.98. The molecule has 0 radical (unpaired) electrons. The van der Waals surface area contributed by atoms with E-state index in [2.05, 4.69) is 29.1 Å². The van der Waals surface area contributed by atoms with Gasteiger partial charge in [-0.05, 0) is 18.9 Å². The Morgan fingerprint density at radius 1 is 1.53 bits per heavy atom. The summed E-state index contributed by atoms with van der Waals surface area (Å²) in [5.74, 6) is 1.51. The highest BCUT2D eigenvalue weighted by molar-refractivity contribution is 5.92. The zero-order valence-electron chi connectivity index (χ0n) is 10.6. The Morgan fingerprint density at radius 2 is 2.29 bits per heavy atom. The van der Waals surface area contributed by atoms with Gasteiger partial charge in [0.1, 0.15) is 0 Å². The van der Waals surface area contributed by atoms with Gasteiger partial charge in [-0.15, -0.1) is 0 Å². The number of aliphatic imine (C=N–C) groups is 1. The molecule has 17 heavy (non-hydrogen) atoms. The Balaban J connectivity index is 2.53. The zero-order valence-corrected chi connectivity index (χ0v) is 10.6. The normalized spacial score (nSPS) is 11.6. The van der Waals surface area contributed by atoms with Crippen LogP contribution < -0.4 is 15.8 Å². The SMILES string of the molecule is CCOc1ccc(NC(N)=NCC(C)C)cn1. The monoisotopic (exact) mass is 236 g/mol. The standard InChI is InChI=1S/C12H20N4O/c1-4-17-11-6-5-10(8-14-11)16-12(13)15-7-9(2)3/h5-6,8-9H,4,7H2,1-3H3,(H3,13,15,16). The van der Waals surface area contributed by atoms with E-state index in [1.54, 1.807) is 12.3 Å². The fraction of sp³-hybridized carbons (Fsp3) is 0.500. The minimum absolute atomic E-state index is 0.407. The van der Waals surface area contributed by atoms with Crippen LogP contribution in [0.15, 0.2) is 23.3 Å². The molecule has 0 saturated heterocycles. The topological polar surface area (TPSA) is 72.5 Å². The molecule has 1 aromatic rings. The molecule has 0 atom stereocenters. The van der Waals surface area contributed by atoms with Crippen LogP contribution in [0.25, 0.3) is 0 Å². The lowest BCUT2D eigenvalue weighted by molar-refractivity contribution is 0.327. The van der Waals surface area contributed by atoms with Gasteiger partial charge in [-0.25, -0.2) is 4.98 Å². The second-order valence-corrected chi connectivity index (χ2v) is 4.06. The van der Waals surface area contributed by atoms with Crippen LogP contribution in [0.1, 0.15) is 20.8 Å². The van der Waals surface area contributed by atoms with Gasteiger partial charge in [0.15, 0.2) is 5.96 Å². The Hall–Kier alpha value is -1.78. The molecule has 1 heterocycles. The summed E-state index contributed by atoms with van der Waals surface area (Å²) in [7, 11) is 0. The molecule has 1 aromatic heterocycles. The first-order chi connectivity index (χ1) is 8.11. The molecule has 0 aliphatic heterocycles.